The van der Waals surface area contributed by atoms with E-state index < -0.39 is 6.04 Å². The van der Waals surface area contributed by atoms with Gasteiger partial charge in [0.25, 0.3) is 5.91 Å². The number of rotatable bonds is 5. The summed E-state index contributed by atoms with van der Waals surface area (Å²) in [4.78, 5) is 52.0. The van der Waals surface area contributed by atoms with Crippen LogP contribution in [0.2, 0.25) is 0 Å². The molecule has 3 rings (SSSR count). The van der Waals surface area contributed by atoms with E-state index >= 15 is 0 Å². The smallest absolute Gasteiger partial charge is 0.310 e. The Balaban J connectivity index is 1.73. The molecule has 2 heterocycles. The Labute approximate surface area is 158 Å². The van der Waals surface area contributed by atoms with Crippen LogP contribution in [0.5, 0.6) is 0 Å². The lowest BCUT2D eigenvalue weighted by atomic mass is 9.96. The van der Waals surface area contributed by atoms with Crippen LogP contribution in [-0.2, 0) is 19.1 Å². The van der Waals surface area contributed by atoms with Gasteiger partial charge in [-0.05, 0) is 57.5 Å². The van der Waals surface area contributed by atoms with Gasteiger partial charge in [-0.2, -0.15) is 0 Å². The number of esters is 1. The van der Waals surface area contributed by atoms with Crippen molar-refractivity contribution in [2.24, 2.45) is 5.92 Å². The van der Waals surface area contributed by atoms with E-state index in [1.165, 1.54) is 11.8 Å². The molecule has 0 aliphatic carbocycles. The largest absolute Gasteiger partial charge is 0.466 e. The Hall–Kier alpha value is -2.54. The van der Waals surface area contributed by atoms with Crippen molar-refractivity contribution >= 4 is 29.3 Å². The Bertz CT molecular complexity index is 758. The molecule has 2 aliphatic rings. The molecule has 0 spiro atoms. The lowest BCUT2D eigenvalue weighted by molar-refractivity contribution is -0.150. The number of piperidine rings is 1. The van der Waals surface area contributed by atoms with E-state index in [0.717, 1.165) is 12.8 Å². The minimum absolute atomic E-state index is 0.0724. The van der Waals surface area contributed by atoms with Gasteiger partial charge >= 0.3 is 5.97 Å². The third kappa shape index (κ3) is 3.93. The average molecular weight is 372 g/mol. The first-order chi connectivity index (χ1) is 12.9. The fraction of sp³-hybridized carbons (Fsp3) is 0.500. The lowest BCUT2D eigenvalue weighted by Crippen LogP contribution is -2.48. The predicted octanol–water partition coefficient (Wildman–Crippen LogP) is 1.80. The minimum atomic E-state index is -0.554. The van der Waals surface area contributed by atoms with Crippen LogP contribution in [0, 0.1) is 5.92 Å². The summed E-state index contributed by atoms with van der Waals surface area (Å²) in [6.45, 7) is 4.68. The number of carbonyl (C=O) groups excluding carboxylic acids is 4. The van der Waals surface area contributed by atoms with Crippen molar-refractivity contribution in [2.45, 2.75) is 39.2 Å². The summed E-state index contributed by atoms with van der Waals surface area (Å²) in [5.74, 6) is -1.11. The summed E-state index contributed by atoms with van der Waals surface area (Å²) in [6, 6.07) is 5.91. The number of Topliss-reactive ketones (excluding diaryl/α,β-unsaturated/α-hetero) is 1. The second-order valence-corrected chi connectivity index (χ2v) is 6.98. The predicted molar refractivity (Wildman–Crippen MR) is 98.3 cm³/mol. The van der Waals surface area contributed by atoms with E-state index in [9.17, 15) is 19.2 Å². The molecular weight excluding hydrogens is 348 g/mol. The van der Waals surface area contributed by atoms with E-state index in [2.05, 4.69) is 0 Å². The van der Waals surface area contributed by atoms with Crippen molar-refractivity contribution in [3.05, 3.63) is 29.8 Å². The van der Waals surface area contributed by atoms with Gasteiger partial charge in [-0.3, -0.25) is 24.1 Å². The molecule has 27 heavy (non-hydrogen) atoms. The maximum absolute atomic E-state index is 12.9. The van der Waals surface area contributed by atoms with Crippen molar-refractivity contribution in [3.63, 3.8) is 0 Å². The third-order valence-electron chi connectivity index (χ3n) is 5.17. The summed E-state index contributed by atoms with van der Waals surface area (Å²) in [7, 11) is 0. The molecule has 2 fully saturated rings. The van der Waals surface area contributed by atoms with Crippen LogP contribution in [0.4, 0.5) is 5.69 Å². The first-order valence-corrected chi connectivity index (χ1v) is 9.30. The van der Waals surface area contributed by atoms with Gasteiger partial charge in [-0.1, -0.05) is 0 Å². The molecule has 0 unspecified atom stereocenters. The van der Waals surface area contributed by atoms with Crippen LogP contribution in [-0.4, -0.2) is 54.2 Å². The Kier molecular flexibility index (Phi) is 5.70. The SMILES string of the molecule is CCOC(=O)[C@H]1CCCN([C@@H]2CC(=O)N(c3ccc(C(C)=O)cc3)C2=O)C1. The molecule has 2 atom stereocenters. The lowest BCUT2D eigenvalue weighted by Gasteiger charge is -2.34. The van der Waals surface area contributed by atoms with Crippen molar-refractivity contribution in [3.8, 4) is 0 Å². The summed E-state index contributed by atoms with van der Waals surface area (Å²) >= 11 is 0. The Morgan fingerprint density at radius 1 is 1.19 bits per heavy atom. The van der Waals surface area contributed by atoms with Gasteiger partial charge < -0.3 is 4.74 Å². The van der Waals surface area contributed by atoms with Crippen LogP contribution in [0.15, 0.2) is 24.3 Å². The van der Waals surface area contributed by atoms with Gasteiger partial charge in [0, 0.05) is 12.1 Å². The monoisotopic (exact) mass is 372 g/mol. The van der Waals surface area contributed by atoms with Crippen molar-refractivity contribution in [1.29, 1.82) is 0 Å². The number of anilines is 1. The van der Waals surface area contributed by atoms with Gasteiger partial charge in [-0.15, -0.1) is 0 Å². The summed E-state index contributed by atoms with van der Waals surface area (Å²) in [5.41, 5.74) is 0.999. The van der Waals surface area contributed by atoms with Gasteiger partial charge in [-0.25, -0.2) is 4.90 Å². The standard InChI is InChI=1S/C20H24N2O5/c1-3-27-20(26)15-5-4-10-21(12-15)17-11-18(24)22(19(17)25)16-8-6-14(7-9-16)13(2)23/h6-9,15,17H,3-5,10-12H2,1-2H3/t15-,17+/m0/s1. The summed E-state index contributed by atoms with van der Waals surface area (Å²) in [5, 5.41) is 0. The van der Waals surface area contributed by atoms with E-state index in [1.807, 2.05) is 4.90 Å². The van der Waals surface area contributed by atoms with Crippen LogP contribution in [0.3, 0.4) is 0 Å². The maximum Gasteiger partial charge on any atom is 0.310 e. The first kappa shape index (κ1) is 19.2. The second-order valence-electron chi connectivity index (χ2n) is 6.98. The molecule has 1 aromatic rings. The molecule has 0 saturated carbocycles. The van der Waals surface area contributed by atoms with Crippen LogP contribution < -0.4 is 4.90 Å². The van der Waals surface area contributed by atoms with Crippen molar-refractivity contribution < 1.29 is 23.9 Å². The van der Waals surface area contributed by atoms with Crippen LogP contribution >= 0.6 is 0 Å². The van der Waals surface area contributed by atoms with E-state index in [0.29, 0.717) is 30.9 Å². The Morgan fingerprint density at radius 2 is 1.89 bits per heavy atom. The average Bonchev–Trinajstić information content (AvgIpc) is 2.96. The molecule has 0 aromatic heterocycles. The molecule has 2 aliphatic heterocycles. The third-order valence-corrected chi connectivity index (χ3v) is 5.17. The van der Waals surface area contributed by atoms with E-state index in [4.69, 9.17) is 4.74 Å². The molecule has 2 amide bonds. The molecule has 1 aromatic carbocycles. The number of nitrogens with zero attached hydrogens (tertiary/aromatic N) is 2. The fourth-order valence-corrected chi connectivity index (χ4v) is 3.76. The molecule has 7 heteroatoms. The normalized spacial score (nSPS) is 23.6. The molecule has 0 radical (unpaired) electrons. The van der Waals surface area contributed by atoms with Crippen molar-refractivity contribution in [2.75, 3.05) is 24.6 Å². The number of hydrogen-bond acceptors (Lipinski definition) is 6. The summed E-state index contributed by atoms with van der Waals surface area (Å²) < 4.78 is 5.11. The number of amides is 2. The zero-order chi connectivity index (χ0) is 19.6. The number of benzene rings is 1. The zero-order valence-corrected chi connectivity index (χ0v) is 15.6. The highest BCUT2D eigenvalue weighted by Gasteiger charge is 2.44. The molecule has 2 saturated heterocycles. The highest BCUT2D eigenvalue weighted by atomic mass is 16.5. The van der Waals surface area contributed by atoms with Gasteiger partial charge in [0.05, 0.1) is 30.7 Å². The topological polar surface area (TPSA) is 84.0 Å². The molecule has 7 nitrogen and oxygen atoms in total. The minimum Gasteiger partial charge on any atom is -0.466 e. The fourth-order valence-electron chi connectivity index (χ4n) is 3.76. The quantitative estimate of drug-likeness (QED) is 0.445. The van der Waals surface area contributed by atoms with E-state index in [-0.39, 0.29) is 35.9 Å². The van der Waals surface area contributed by atoms with Gasteiger partial charge in [0.1, 0.15) is 0 Å². The van der Waals surface area contributed by atoms with Crippen LogP contribution in [0.25, 0.3) is 0 Å². The number of hydrogen-bond donors (Lipinski definition) is 0. The second kappa shape index (κ2) is 8.00. The van der Waals surface area contributed by atoms with E-state index in [1.54, 1.807) is 31.2 Å². The maximum atomic E-state index is 12.9. The Morgan fingerprint density at radius 3 is 2.52 bits per heavy atom. The zero-order valence-electron chi connectivity index (χ0n) is 15.6. The number of imide groups is 1. The molecule has 0 bridgehead atoms. The van der Waals surface area contributed by atoms with Crippen LogP contribution in [0.1, 0.15) is 43.5 Å². The number of likely N-dealkylation sites (tertiary alicyclic amines) is 1. The summed E-state index contributed by atoms with van der Waals surface area (Å²) in [6.07, 6.45) is 1.62. The number of ketones is 1. The van der Waals surface area contributed by atoms with Crippen molar-refractivity contribution in [1.82, 2.24) is 4.90 Å². The molecule has 0 N–H and O–H groups in total. The molecular formula is C20H24N2O5. The number of ether oxygens (including phenoxy) is 1. The number of carbonyl (C=O) groups is 4. The van der Waals surface area contributed by atoms with Gasteiger partial charge in [0.2, 0.25) is 5.91 Å². The molecule has 144 valence electrons. The highest BCUT2D eigenvalue weighted by molar-refractivity contribution is 6.22. The first-order valence-electron chi connectivity index (χ1n) is 9.30. The van der Waals surface area contributed by atoms with Gasteiger partial charge in [0.15, 0.2) is 5.78 Å². The highest BCUT2D eigenvalue weighted by Crippen LogP contribution is 2.29.